The largest absolute Gasteiger partial charge is 0.225 e. The second-order valence-corrected chi connectivity index (χ2v) is 4.76. The summed E-state index contributed by atoms with van der Waals surface area (Å²) < 4.78 is 21.1. The van der Waals surface area contributed by atoms with Crippen molar-refractivity contribution in [3.63, 3.8) is 0 Å². The molecule has 0 saturated heterocycles. The molecule has 0 heterocycles. The second kappa shape index (κ2) is 3.76. The molecule has 0 aliphatic rings. The van der Waals surface area contributed by atoms with Gasteiger partial charge < -0.3 is 0 Å². The van der Waals surface area contributed by atoms with Crippen LogP contribution in [0, 0.1) is 5.92 Å². The number of hydrogen-bond acceptors (Lipinski definition) is 2. The molecule has 0 spiro atoms. The van der Waals surface area contributed by atoms with Gasteiger partial charge in [0.05, 0.1) is 0 Å². The molecule has 0 aliphatic carbocycles. The van der Waals surface area contributed by atoms with Crippen molar-refractivity contribution < 1.29 is 8.42 Å². The topological polar surface area (TPSA) is 34.1 Å². The minimum atomic E-state index is -2.90. The monoisotopic (exact) mass is 162 g/mol. The molecule has 3 heteroatoms. The van der Waals surface area contributed by atoms with Crippen LogP contribution in [0.25, 0.3) is 0 Å². The van der Waals surface area contributed by atoms with E-state index in [1.54, 1.807) is 6.08 Å². The Morgan fingerprint density at radius 3 is 2.20 bits per heavy atom. The summed E-state index contributed by atoms with van der Waals surface area (Å²) in [6.45, 7) is 4.10. The van der Waals surface area contributed by atoms with Crippen LogP contribution in [0.3, 0.4) is 0 Å². The van der Waals surface area contributed by atoms with Gasteiger partial charge in [0.2, 0.25) is 0 Å². The van der Waals surface area contributed by atoms with E-state index in [1.165, 1.54) is 11.7 Å². The third kappa shape index (κ3) is 7.69. The summed E-state index contributed by atoms with van der Waals surface area (Å²) in [4.78, 5) is 0. The normalized spacial score (nSPS) is 13.2. The van der Waals surface area contributed by atoms with Crippen LogP contribution < -0.4 is 0 Å². The molecule has 0 aliphatic heterocycles. The van der Waals surface area contributed by atoms with E-state index in [1.807, 2.05) is 13.8 Å². The lowest BCUT2D eigenvalue weighted by Crippen LogP contribution is -1.89. The Morgan fingerprint density at radius 2 is 1.90 bits per heavy atom. The van der Waals surface area contributed by atoms with E-state index in [4.69, 9.17) is 0 Å². The zero-order chi connectivity index (χ0) is 8.20. The molecular formula is C7H14O2S. The fourth-order valence-electron chi connectivity index (χ4n) is 0.503. The smallest absolute Gasteiger partial charge is 0.168 e. The molecule has 0 atom stereocenters. The van der Waals surface area contributed by atoms with Gasteiger partial charge in [0.25, 0.3) is 0 Å². The van der Waals surface area contributed by atoms with Crippen LogP contribution in [0.5, 0.6) is 0 Å². The van der Waals surface area contributed by atoms with Crippen molar-refractivity contribution in [2.45, 2.75) is 20.3 Å². The first-order chi connectivity index (χ1) is 4.42. The lowest BCUT2D eigenvalue weighted by Gasteiger charge is -1.95. The third-order valence-electron chi connectivity index (χ3n) is 0.951. The van der Waals surface area contributed by atoms with E-state index in [0.29, 0.717) is 5.92 Å². The first-order valence-electron chi connectivity index (χ1n) is 3.28. The van der Waals surface area contributed by atoms with Crippen LogP contribution >= 0.6 is 0 Å². The molecule has 60 valence electrons. The maximum absolute atomic E-state index is 10.5. The van der Waals surface area contributed by atoms with Gasteiger partial charge in [-0.3, -0.25) is 0 Å². The Hall–Kier alpha value is -0.310. The van der Waals surface area contributed by atoms with Crippen LogP contribution in [0.4, 0.5) is 0 Å². The van der Waals surface area contributed by atoms with Gasteiger partial charge in [0.1, 0.15) is 0 Å². The summed E-state index contributed by atoms with van der Waals surface area (Å²) in [6, 6.07) is 0. The zero-order valence-electron chi connectivity index (χ0n) is 6.66. The Bertz CT molecular complexity index is 200. The van der Waals surface area contributed by atoms with Crippen molar-refractivity contribution in [1.29, 1.82) is 0 Å². The van der Waals surface area contributed by atoms with Gasteiger partial charge >= 0.3 is 0 Å². The molecular weight excluding hydrogens is 148 g/mol. The van der Waals surface area contributed by atoms with Crippen molar-refractivity contribution in [3.05, 3.63) is 11.5 Å². The maximum Gasteiger partial charge on any atom is 0.168 e. The second-order valence-electron chi connectivity index (χ2n) is 2.83. The molecule has 0 rings (SSSR count). The molecule has 0 bridgehead atoms. The highest BCUT2D eigenvalue weighted by atomic mass is 32.2. The van der Waals surface area contributed by atoms with Gasteiger partial charge in [0, 0.05) is 11.7 Å². The van der Waals surface area contributed by atoms with Crippen LogP contribution in [-0.2, 0) is 9.84 Å². The van der Waals surface area contributed by atoms with Crippen molar-refractivity contribution in [2.75, 3.05) is 6.26 Å². The van der Waals surface area contributed by atoms with E-state index in [2.05, 4.69) is 0 Å². The standard InChI is InChI=1S/C7H14O2S/c1-7(2)5-4-6-10(3,8)9/h4,6-7H,5H2,1-3H3/b6-4+. The quantitative estimate of drug-likeness (QED) is 0.631. The minimum Gasteiger partial charge on any atom is -0.225 e. The highest BCUT2D eigenvalue weighted by molar-refractivity contribution is 7.93. The fraction of sp³-hybridized carbons (Fsp3) is 0.714. The molecule has 0 fully saturated rings. The molecule has 10 heavy (non-hydrogen) atoms. The van der Waals surface area contributed by atoms with E-state index in [0.717, 1.165) is 6.42 Å². The molecule has 0 amide bonds. The summed E-state index contributed by atoms with van der Waals surface area (Å²) in [5, 5.41) is 1.26. The van der Waals surface area contributed by atoms with Crippen molar-refractivity contribution in [1.82, 2.24) is 0 Å². The van der Waals surface area contributed by atoms with Crippen LogP contribution in [-0.4, -0.2) is 14.7 Å². The van der Waals surface area contributed by atoms with Crippen LogP contribution in [0.2, 0.25) is 0 Å². The first-order valence-corrected chi connectivity index (χ1v) is 5.24. The van der Waals surface area contributed by atoms with Crippen LogP contribution in [0.15, 0.2) is 11.5 Å². The number of allylic oxidation sites excluding steroid dienone is 1. The summed E-state index contributed by atoms with van der Waals surface area (Å²) >= 11 is 0. The average molecular weight is 162 g/mol. The summed E-state index contributed by atoms with van der Waals surface area (Å²) in [5.41, 5.74) is 0. The molecule has 0 saturated carbocycles. The van der Waals surface area contributed by atoms with Gasteiger partial charge in [0.15, 0.2) is 9.84 Å². The molecule has 0 N–H and O–H groups in total. The van der Waals surface area contributed by atoms with E-state index >= 15 is 0 Å². The van der Waals surface area contributed by atoms with E-state index in [9.17, 15) is 8.42 Å². The Labute approximate surface area is 62.9 Å². The fourth-order valence-corrected chi connectivity index (χ4v) is 0.963. The highest BCUT2D eigenvalue weighted by Crippen LogP contribution is 2.00. The minimum absolute atomic E-state index is 0.526. The summed E-state index contributed by atoms with van der Waals surface area (Å²) in [5.74, 6) is 0.526. The van der Waals surface area contributed by atoms with Crippen molar-refractivity contribution in [3.8, 4) is 0 Å². The lowest BCUT2D eigenvalue weighted by molar-refractivity contribution is 0.609. The molecule has 0 unspecified atom stereocenters. The van der Waals surface area contributed by atoms with E-state index < -0.39 is 9.84 Å². The Morgan fingerprint density at radius 1 is 1.40 bits per heavy atom. The average Bonchev–Trinajstić information content (AvgIpc) is 1.59. The zero-order valence-corrected chi connectivity index (χ0v) is 7.48. The predicted octanol–water partition coefficient (Wildman–Crippen LogP) is 1.59. The number of rotatable bonds is 3. The SMILES string of the molecule is CC(C)C/C=C/S(C)(=O)=O. The first kappa shape index (κ1) is 9.69. The third-order valence-corrected chi connectivity index (χ3v) is 1.64. The molecule has 0 aromatic carbocycles. The Balaban J connectivity index is 3.80. The molecule has 0 radical (unpaired) electrons. The van der Waals surface area contributed by atoms with Gasteiger partial charge in [-0.1, -0.05) is 19.9 Å². The lowest BCUT2D eigenvalue weighted by atomic mass is 10.1. The van der Waals surface area contributed by atoms with Gasteiger partial charge in [-0.25, -0.2) is 8.42 Å². The van der Waals surface area contributed by atoms with Gasteiger partial charge in [-0.2, -0.15) is 0 Å². The Kier molecular flexibility index (Phi) is 3.64. The number of sulfone groups is 1. The molecule has 0 aromatic rings. The van der Waals surface area contributed by atoms with Gasteiger partial charge in [-0.05, 0) is 12.3 Å². The van der Waals surface area contributed by atoms with Gasteiger partial charge in [-0.15, -0.1) is 0 Å². The summed E-state index contributed by atoms with van der Waals surface area (Å²) in [6.07, 6.45) is 3.72. The van der Waals surface area contributed by atoms with Crippen molar-refractivity contribution in [2.24, 2.45) is 5.92 Å². The summed E-state index contributed by atoms with van der Waals surface area (Å²) in [7, 11) is -2.90. The highest BCUT2D eigenvalue weighted by Gasteiger charge is 1.93. The molecule has 2 nitrogen and oxygen atoms in total. The van der Waals surface area contributed by atoms with Crippen LogP contribution in [0.1, 0.15) is 20.3 Å². The van der Waals surface area contributed by atoms with Crippen molar-refractivity contribution >= 4 is 9.84 Å². The predicted molar refractivity (Wildman–Crippen MR) is 43.4 cm³/mol. The number of hydrogen-bond donors (Lipinski definition) is 0. The maximum atomic E-state index is 10.5. The molecule has 0 aromatic heterocycles. The van der Waals surface area contributed by atoms with E-state index in [-0.39, 0.29) is 0 Å².